The van der Waals surface area contributed by atoms with Crippen LogP contribution in [0.15, 0.2) is 24.3 Å². The van der Waals surface area contributed by atoms with Gasteiger partial charge in [0.1, 0.15) is 0 Å². The highest BCUT2D eigenvalue weighted by Gasteiger charge is 2.18. The first kappa shape index (κ1) is 16.0. The normalized spacial score (nSPS) is 17.1. The zero-order valence-corrected chi connectivity index (χ0v) is 13.4. The van der Waals surface area contributed by atoms with Crippen molar-refractivity contribution in [2.24, 2.45) is 0 Å². The quantitative estimate of drug-likeness (QED) is 0.896. The van der Waals surface area contributed by atoms with E-state index in [9.17, 15) is 4.79 Å². The molecule has 1 aromatic carbocycles. The predicted molar refractivity (Wildman–Crippen MR) is 86.3 cm³/mol. The summed E-state index contributed by atoms with van der Waals surface area (Å²) in [5.74, 6) is 0.694. The molecule has 0 bridgehead atoms. The maximum absolute atomic E-state index is 11.4. The summed E-state index contributed by atoms with van der Waals surface area (Å²) in [6, 6.07) is 8.96. The van der Waals surface area contributed by atoms with Crippen molar-refractivity contribution in [3.05, 3.63) is 35.4 Å². The zero-order valence-electron chi connectivity index (χ0n) is 13.4. The minimum absolute atomic E-state index is 0.104. The molecule has 0 unspecified atom stereocenters. The van der Waals surface area contributed by atoms with E-state index < -0.39 is 0 Å². The van der Waals surface area contributed by atoms with Crippen molar-refractivity contribution in [1.29, 1.82) is 0 Å². The van der Waals surface area contributed by atoms with Crippen LogP contribution in [0, 0.1) is 0 Å². The molecular formula is C17H27N3O. The van der Waals surface area contributed by atoms with Gasteiger partial charge in [-0.15, -0.1) is 0 Å². The molecule has 1 N–H and O–H groups in total. The second-order valence-corrected chi connectivity index (χ2v) is 6.12. The number of piperazine rings is 1. The van der Waals surface area contributed by atoms with Gasteiger partial charge in [0.25, 0.3) is 0 Å². The summed E-state index contributed by atoms with van der Waals surface area (Å²) in [6.07, 6.45) is 0. The highest BCUT2D eigenvalue weighted by molar-refractivity contribution is 5.77. The fourth-order valence-corrected chi connectivity index (χ4v) is 2.65. The summed E-state index contributed by atoms with van der Waals surface area (Å²) in [5.41, 5.74) is 2.77. The van der Waals surface area contributed by atoms with Crippen LogP contribution in [-0.2, 0) is 11.3 Å². The van der Waals surface area contributed by atoms with Gasteiger partial charge in [-0.3, -0.25) is 14.6 Å². The molecule has 4 nitrogen and oxygen atoms in total. The molecule has 0 radical (unpaired) electrons. The molecule has 0 aliphatic carbocycles. The second-order valence-electron chi connectivity index (χ2n) is 6.12. The number of carbonyl (C=O) groups is 1. The largest absolute Gasteiger partial charge is 0.358 e. The van der Waals surface area contributed by atoms with E-state index in [1.54, 1.807) is 7.05 Å². The third kappa shape index (κ3) is 4.83. The van der Waals surface area contributed by atoms with Crippen LogP contribution in [0.4, 0.5) is 0 Å². The van der Waals surface area contributed by atoms with Crippen LogP contribution in [-0.4, -0.2) is 55.5 Å². The molecule has 21 heavy (non-hydrogen) atoms. The lowest BCUT2D eigenvalue weighted by molar-refractivity contribution is -0.122. The number of hydrogen-bond donors (Lipinski definition) is 1. The molecule has 1 aliphatic heterocycles. The van der Waals surface area contributed by atoms with Crippen molar-refractivity contribution in [1.82, 2.24) is 15.1 Å². The molecule has 1 aliphatic rings. The first-order chi connectivity index (χ1) is 10.1. The third-order valence-electron chi connectivity index (χ3n) is 4.16. The molecule has 1 aromatic rings. The van der Waals surface area contributed by atoms with E-state index in [-0.39, 0.29) is 5.91 Å². The SMILES string of the molecule is CNC(=O)CN1CCN(Cc2ccc(C(C)C)cc2)CC1. The summed E-state index contributed by atoms with van der Waals surface area (Å²) in [7, 11) is 1.69. The Morgan fingerprint density at radius 2 is 1.67 bits per heavy atom. The molecule has 0 aromatic heterocycles. The Morgan fingerprint density at radius 1 is 1.10 bits per heavy atom. The van der Waals surface area contributed by atoms with Gasteiger partial charge in [0.2, 0.25) is 5.91 Å². The molecular weight excluding hydrogens is 262 g/mol. The first-order valence-corrected chi connectivity index (χ1v) is 7.82. The Balaban J connectivity index is 1.79. The Kier molecular flexibility index (Phi) is 5.76. The molecule has 0 spiro atoms. The smallest absolute Gasteiger partial charge is 0.233 e. The number of amides is 1. The highest BCUT2D eigenvalue weighted by atomic mass is 16.1. The molecule has 116 valence electrons. The van der Waals surface area contributed by atoms with Gasteiger partial charge in [-0.1, -0.05) is 38.1 Å². The van der Waals surface area contributed by atoms with Gasteiger partial charge in [-0.25, -0.2) is 0 Å². The van der Waals surface area contributed by atoms with Crippen LogP contribution < -0.4 is 5.32 Å². The van der Waals surface area contributed by atoms with Crippen molar-refractivity contribution in [3.8, 4) is 0 Å². The van der Waals surface area contributed by atoms with Crippen LogP contribution in [0.25, 0.3) is 0 Å². The van der Waals surface area contributed by atoms with Crippen molar-refractivity contribution in [3.63, 3.8) is 0 Å². The maximum Gasteiger partial charge on any atom is 0.233 e. The summed E-state index contributed by atoms with van der Waals surface area (Å²) < 4.78 is 0. The minimum Gasteiger partial charge on any atom is -0.358 e. The lowest BCUT2D eigenvalue weighted by atomic mass is 10.0. The minimum atomic E-state index is 0.104. The van der Waals surface area contributed by atoms with Gasteiger partial charge in [-0.2, -0.15) is 0 Å². The summed E-state index contributed by atoms with van der Waals surface area (Å²) in [4.78, 5) is 16.1. The standard InChI is InChI=1S/C17H27N3O/c1-14(2)16-6-4-15(5-7-16)12-19-8-10-20(11-9-19)13-17(21)18-3/h4-7,14H,8-13H2,1-3H3,(H,18,21). The lowest BCUT2D eigenvalue weighted by Gasteiger charge is -2.34. The molecule has 1 heterocycles. The lowest BCUT2D eigenvalue weighted by Crippen LogP contribution is -2.48. The number of nitrogens with one attached hydrogen (secondary N) is 1. The maximum atomic E-state index is 11.4. The Hall–Kier alpha value is -1.39. The van der Waals surface area contributed by atoms with Crippen molar-refractivity contribution < 1.29 is 4.79 Å². The summed E-state index contributed by atoms with van der Waals surface area (Å²) in [5, 5.41) is 2.68. The molecule has 0 saturated carbocycles. The van der Waals surface area contributed by atoms with E-state index >= 15 is 0 Å². The monoisotopic (exact) mass is 289 g/mol. The van der Waals surface area contributed by atoms with Gasteiger partial charge in [-0.05, 0) is 17.0 Å². The van der Waals surface area contributed by atoms with Crippen LogP contribution in [0.1, 0.15) is 30.9 Å². The molecule has 0 atom stereocenters. The Bertz CT molecular complexity index is 448. The Morgan fingerprint density at radius 3 is 2.19 bits per heavy atom. The van der Waals surface area contributed by atoms with Gasteiger partial charge < -0.3 is 5.32 Å². The van der Waals surface area contributed by atoms with Crippen LogP contribution >= 0.6 is 0 Å². The van der Waals surface area contributed by atoms with Gasteiger partial charge in [0, 0.05) is 39.8 Å². The molecule has 1 fully saturated rings. The van der Waals surface area contributed by atoms with E-state index in [0.29, 0.717) is 12.5 Å². The van der Waals surface area contributed by atoms with Gasteiger partial charge in [0.15, 0.2) is 0 Å². The first-order valence-electron chi connectivity index (χ1n) is 7.82. The number of rotatable bonds is 5. The van der Waals surface area contributed by atoms with Crippen molar-refractivity contribution in [2.45, 2.75) is 26.3 Å². The van der Waals surface area contributed by atoms with E-state index in [1.807, 2.05) is 0 Å². The van der Waals surface area contributed by atoms with E-state index in [4.69, 9.17) is 0 Å². The predicted octanol–water partition coefficient (Wildman–Crippen LogP) is 1.67. The molecule has 2 rings (SSSR count). The Labute approximate surface area is 128 Å². The van der Waals surface area contributed by atoms with E-state index in [2.05, 4.69) is 53.2 Å². The number of carbonyl (C=O) groups excluding carboxylic acids is 1. The number of benzene rings is 1. The van der Waals surface area contributed by atoms with Gasteiger partial charge >= 0.3 is 0 Å². The average molecular weight is 289 g/mol. The number of likely N-dealkylation sites (N-methyl/N-ethyl adjacent to an activating group) is 1. The topological polar surface area (TPSA) is 35.6 Å². The molecule has 1 saturated heterocycles. The molecule has 4 heteroatoms. The summed E-state index contributed by atoms with van der Waals surface area (Å²) in [6.45, 7) is 9.97. The molecule has 1 amide bonds. The van der Waals surface area contributed by atoms with Crippen LogP contribution in [0.3, 0.4) is 0 Å². The van der Waals surface area contributed by atoms with Crippen molar-refractivity contribution >= 4 is 5.91 Å². The third-order valence-corrected chi connectivity index (χ3v) is 4.16. The van der Waals surface area contributed by atoms with E-state index in [0.717, 1.165) is 32.7 Å². The second kappa shape index (κ2) is 7.57. The number of hydrogen-bond acceptors (Lipinski definition) is 3. The fraction of sp³-hybridized carbons (Fsp3) is 0.588. The summed E-state index contributed by atoms with van der Waals surface area (Å²) >= 11 is 0. The highest BCUT2D eigenvalue weighted by Crippen LogP contribution is 2.16. The number of nitrogens with zero attached hydrogens (tertiary/aromatic N) is 2. The van der Waals surface area contributed by atoms with E-state index in [1.165, 1.54) is 11.1 Å². The van der Waals surface area contributed by atoms with Crippen LogP contribution in [0.5, 0.6) is 0 Å². The van der Waals surface area contributed by atoms with Gasteiger partial charge in [0.05, 0.1) is 6.54 Å². The average Bonchev–Trinajstić information content (AvgIpc) is 2.49. The fourth-order valence-electron chi connectivity index (χ4n) is 2.65. The van der Waals surface area contributed by atoms with Crippen molar-refractivity contribution in [2.75, 3.05) is 39.8 Å². The zero-order chi connectivity index (χ0) is 15.2. The van der Waals surface area contributed by atoms with Crippen LogP contribution in [0.2, 0.25) is 0 Å².